The van der Waals surface area contributed by atoms with Crippen molar-refractivity contribution in [1.29, 1.82) is 0 Å². The summed E-state index contributed by atoms with van der Waals surface area (Å²) >= 11 is 6.35. The van der Waals surface area contributed by atoms with Crippen LogP contribution >= 0.6 is 22.4 Å². The van der Waals surface area contributed by atoms with Crippen LogP contribution < -0.4 is 4.31 Å². The minimum Gasteiger partial charge on any atom is -0.277 e. The summed E-state index contributed by atoms with van der Waals surface area (Å²) in [6.07, 6.45) is 4.77. The van der Waals surface area contributed by atoms with Gasteiger partial charge in [0.15, 0.2) is 0 Å². The Labute approximate surface area is 191 Å². The summed E-state index contributed by atoms with van der Waals surface area (Å²) in [5.74, 6) is -0.864. The average Bonchev–Trinajstić information content (AvgIpc) is 3.03. The molecule has 2 aromatic carbocycles. The van der Waals surface area contributed by atoms with E-state index >= 15 is 0 Å². The molecular formula is C23H18ClN3O4S. The van der Waals surface area contributed by atoms with E-state index in [9.17, 15) is 18.7 Å². The zero-order valence-electron chi connectivity index (χ0n) is 16.8. The van der Waals surface area contributed by atoms with Crippen LogP contribution in [0.1, 0.15) is 33.2 Å². The molecule has 0 saturated heterocycles. The molecule has 0 spiro atoms. The highest BCUT2D eigenvalue weighted by molar-refractivity contribution is 8.25. The number of amides is 2. The van der Waals surface area contributed by atoms with Crippen molar-refractivity contribution in [3.63, 3.8) is 0 Å². The van der Waals surface area contributed by atoms with Gasteiger partial charge in [0.1, 0.15) is 4.90 Å². The van der Waals surface area contributed by atoms with Crippen LogP contribution in [0.3, 0.4) is 0 Å². The Balaban J connectivity index is 1.69. The Morgan fingerprint density at radius 2 is 1.66 bits per heavy atom. The van der Waals surface area contributed by atoms with Crippen molar-refractivity contribution < 1.29 is 18.7 Å². The molecule has 9 heteroatoms. The molecule has 3 heterocycles. The molecule has 0 saturated carbocycles. The highest BCUT2D eigenvalue weighted by atomic mass is 35.5. The van der Waals surface area contributed by atoms with E-state index in [0.29, 0.717) is 28.1 Å². The van der Waals surface area contributed by atoms with Crippen LogP contribution in [0, 0.1) is 0 Å². The third-order valence-electron chi connectivity index (χ3n) is 5.59. The Hall–Kier alpha value is -3.17. The molecule has 0 radical (unpaired) electrons. The molecule has 2 amide bonds. The van der Waals surface area contributed by atoms with Gasteiger partial charge in [-0.25, -0.2) is 4.31 Å². The first-order valence-corrected chi connectivity index (χ1v) is 11.7. The fourth-order valence-corrected chi connectivity index (χ4v) is 6.49. The van der Waals surface area contributed by atoms with Gasteiger partial charge in [-0.3, -0.25) is 28.6 Å². The molecule has 2 aliphatic rings. The lowest BCUT2D eigenvalue weighted by Crippen LogP contribution is -2.45. The summed E-state index contributed by atoms with van der Waals surface area (Å²) in [4.78, 5) is 31.6. The summed E-state index contributed by atoms with van der Waals surface area (Å²) in [5.41, 5.74) is 1.92. The van der Waals surface area contributed by atoms with E-state index in [1.54, 1.807) is 73.8 Å². The molecule has 5 rings (SSSR count). The maximum absolute atomic E-state index is 13.1. The second-order valence-electron chi connectivity index (χ2n) is 7.45. The zero-order chi connectivity index (χ0) is 22.6. The molecule has 32 heavy (non-hydrogen) atoms. The molecule has 162 valence electrons. The van der Waals surface area contributed by atoms with Crippen LogP contribution in [0.15, 0.2) is 77.6 Å². The molecule has 0 bridgehead atoms. The standard InChI is InChI=1S/C23H18ClN3O4S/c1-14(26-22(28)17-8-2-3-9-18(17)23(26)29)20-12-15-6-4-10-19(24)21(15)32(30,31)27(20)16-7-5-11-25-13-16/h2-14,30-31H,1H3. The Morgan fingerprint density at radius 1 is 0.969 bits per heavy atom. The van der Waals surface area contributed by atoms with Gasteiger partial charge in [0.25, 0.3) is 11.8 Å². The van der Waals surface area contributed by atoms with Gasteiger partial charge in [-0.1, -0.05) is 46.6 Å². The molecule has 2 N–H and O–H groups in total. The van der Waals surface area contributed by atoms with Crippen molar-refractivity contribution in [2.45, 2.75) is 17.9 Å². The number of aromatic nitrogens is 1. The maximum atomic E-state index is 13.1. The highest BCUT2D eigenvalue weighted by Gasteiger charge is 2.44. The largest absolute Gasteiger partial charge is 0.277 e. The van der Waals surface area contributed by atoms with E-state index in [2.05, 4.69) is 4.98 Å². The smallest absolute Gasteiger partial charge is 0.262 e. The number of benzene rings is 2. The summed E-state index contributed by atoms with van der Waals surface area (Å²) in [6.45, 7) is 1.68. The number of pyridine rings is 1. The monoisotopic (exact) mass is 467 g/mol. The Kier molecular flexibility index (Phi) is 4.83. The first-order valence-electron chi connectivity index (χ1n) is 9.78. The molecule has 2 aliphatic heterocycles. The molecule has 7 nitrogen and oxygen atoms in total. The van der Waals surface area contributed by atoms with Gasteiger partial charge in [-0.2, -0.15) is 0 Å². The van der Waals surface area contributed by atoms with Crippen LogP contribution in [0.5, 0.6) is 0 Å². The van der Waals surface area contributed by atoms with E-state index in [-0.39, 0.29) is 9.92 Å². The fraction of sp³-hybridized carbons (Fsp3) is 0.0870. The lowest BCUT2D eigenvalue weighted by molar-refractivity contribution is 0.0618. The number of carbonyl (C=O) groups is 2. The van der Waals surface area contributed by atoms with Gasteiger partial charge in [0, 0.05) is 11.8 Å². The van der Waals surface area contributed by atoms with Gasteiger partial charge in [-0.05, 0) is 43.3 Å². The molecular weight excluding hydrogens is 450 g/mol. The summed E-state index contributed by atoms with van der Waals surface area (Å²) < 4.78 is 24.1. The van der Waals surface area contributed by atoms with Crippen LogP contribution in [-0.4, -0.2) is 36.8 Å². The molecule has 1 aromatic heterocycles. The topological polar surface area (TPSA) is 94.0 Å². The van der Waals surface area contributed by atoms with Crippen molar-refractivity contribution in [2.75, 3.05) is 4.31 Å². The minimum atomic E-state index is -3.65. The number of fused-ring (bicyclic) bond motifs is 2. The number of rotatable bonds is 3. The van der Waals surface area contributed by atoms with Gasteiger partial charge in [0.2, 0.25) is 0 Å². The molecule has 3 aromatic rings. The van der Waals surface area contributed by atoms with Crippen LogP contribution in [0.25, 0.3) is 6.08 Å². The number of nitrogens with zero attached hydrogens (tertiary/aromatic N) is 3. The van der Waals surface area contributed by atoms with E-state index in [0.717, 1.165) is 4.90 Å². The van der Waals surface area contributed by atoms with Gasteiger partial charge >= 0.3 is 0 Å². The van der Waals surface area contributed by atoms with E-state index in [1.165, 1.54) is 10.5 Å². The molecule has 0 aliphatic carbocycles. The Bertz CT molecular complexity index is 1260. The van der Waals surface area contributed by atoms with Crippen LogP contribution in [0.4, 0.5) is 5.69 Å². The van der Waals surface area contributed by atoms with Crippen LogP contribution in [-0.2, 0) is 0 Å². The molecule has 1 atom stereocenters. The van der Waals surface area contributed by atoms with Gasteiger partial charge in [-0.15, -0.1) is 0 Å². The van der Waals surface area contributed by atoms with Crippen molar-refractivity contribution in [3.05, 3.63) is 94.4 Å². The van der Waals surface area contributed by atoms with E-state index < -0.39 is 28.6 Å². The number of halogens is 1. The lowest BCUT2D eigenvalue weighted by Gasteiger charge is -2.50. The third-order valence-corrected chi connectivity index (χ3v) is 7.95. The number of carbonyl (C=O) groups excluding carboxylic acids is 2. The normalized spacial score (nSPS) is 18.7. The fourth-order valence-electron chi connectivity index (χ4n) is 4.14. The summed E-state index contributed by atoms with van der Waals surface area (Å²) in [5, 5.41) is 0.208. The highest BCUT2D eigenvalue weighted by Crippen LogP contribution is 2.62. The summed E-state index contributed by atoms with van der Waals surface area (Å²) in [7, 11) is -3.65. The number of hydrogen-bond acceptors (Lipinski definition) is 6. The number of anilines is 1. The Morgan fingerprint density at radius 3 is 2.28 bits per heavy atom. The first kappa shape index (κ1) is 20.7. The second-order valence-corrected chi connectivity index (χ2v) is 9.67. The number of hydrogen-bond donors (Lipinski definition) is 2. The number of imide groups is 1. The minimum absolute atomic E-state index is 0.184. The van der Waals surface area contributed by atoms with Crippen molar-refractivity contribution in [1.82, 2.24) is 9.88 Å². The summed E-state index contributed by atoms with van der Waals surface area (Å²) in [6, 6.07) is 14.2. The van der Waals surface area contributed by atoms with Gasteiger partial charge < -0.3 is 0 Å². The van der Waals surface area contributed by atoms with Crippen molar-refractivity contribution >= 4 is 46.0 Å². The predicted octanol–water partition coefficient (Wildman–Crippen LogP) is 5.31. The second kappa shape index (κ2) is 7.46. The quantitative estimate of drug-likeness (QED) is 0.507. The van der Waals surface area contributed by atoms with Gasteiger partial charge in [0.05, 0.1) is 39.8 Å². The van der Waals surface area contributed by atoms with E-state index in [1.807, 2.05) is 0 Å². The van der Waals surface area contributed by atoms with Crippen LogP contribution in [0.2, 0.25) is 5.02 Å². The maximum Gasteiger partial charge on any atom is 0.262 e. The molecule has 1 unspecified atom stereocenters. The van der Waals surface area contributed by atoms with E-state index in [4.69, 9.17) is 11.6 Å². The SMILES string of the molecule is CC(C1=Cc2cccc(Cl)c2S(O)(O)N1c1cccnc1)N1C(=O)c2ccccc2C1=O. The average molecular weight is 468 g/mol. The zero-order valence-corrected chi connectivity index (χ0v) is 18.4. The molecule has 0 fully saturated rings. The lowest BCUT2D eigenvalue weighted by atomic mass is 10.1. The predicted molar refractivity (Wildman–Crippen MR) is 124 cm³/mol. The van der Waals surface area contributed by atoms with Crippen molar-refractivity contribution in [3.8, 4) is 0 Å². The third kappa shape index (κ3) is 2.96. The first-order chi connectivity index (χ1) is 15.3. The van der Waals surface area contributed by atoms with Crippen molar-refractivity contribution in [2.24, 2.45) is 0 Å².